The minimum atomic E-state index is -4.60. The third kappa shape index (κ3) is 4.85. The zero-order chi connectivity index (χ0) is 22.9. The topological polar surface area (TPSA) is 90.6 Å². The molecule has 0 aliphatic carbocycles. The molecule has 32 heavy (non-hydrogen) atoms. The van der Waals surface area contributed by atoms with Gasteiger partial charge in [-0.2, -0.15) is 23.3 Å². The normalized spacial score (nSPS) is 15.1. The summed E-state index contributed by atoms with van der Waals surface area (Å²) >= 11 is 0. The molecule has 4 rings (SSSR count). The summed E-state index contributed by atoms with van der Waals surface area (Å²) in [6, 6.07) is 5.77. The van der Waals surface area contributed by atoms with Crippen molar-refractivity contribution in [3.8, 4) is 0 Å². The number of hydrogen-bond acceptors (Lipinski definition) is 6. The van der Waals surface area contributed by atoms with Crippen LogP contribution in [0.4, 0.5) is 36.4 Å². The highest BCUT2D eigenvalue weighted by molar-refractivity contribution is 5.64. The summed E-state index contributed by atoms with van der Waals surface area (Å²) in [5, 5.41) is 15.7. The average Bonchev–Trinajstić information content (AvgIpc) is 3.15. The fourth-order valence-corrected chi connectivity index (χ4v) is 4.01. The highest BCUT2D eigenvalue weighted by atomic mass is 19.4. The van der Waals surface area contributed by atoms with Crippen LogP contribution < -0.4 is 16.0 Å². The first-order chi connectivity index (χ1) is 15.2. The Kier molecular flexibility index (Phi) is 6.05. The SMILES string of the molecule is Cc1cc(Nc2nc(Nc3cc(C)c(C4CCNCC4)cc3C)ncc2C(F)(F)F)n[nH]1. The predicted molar refractivity (Wildman–Crippen MR) is 118 cm³/mol. The Hall–Kier alpha value is -3.14. The first kappa shape index (κ1) is 22.1. The van der Waals surface area contributed by atoms with Gasteiger partial charge in [0.05, 0.1) is 0 Å². The number of H-pyrrole nitrogens is 1. The van der Waals surface area contributed by atoms with Gasteiger partial charge in [-0.15, -0.1) is 0 Å². The van der Waals surface area contributed by atoms with Crippen molar-refractivity contribution in [3.05, 3.63) is 52.3 Å². The fraction of sp³-hybridized carbons (Fsp3) is 0.409. The molecule has 1 aliphatic heterocycles. The lowest BCUT2D eigenvalue weighted by Gasteiger charge is -2.25. The van der Waals surface area contributed by atoms with Crippen molar-refractivity contribution in [2.75, 3.05) is 23.7 Å². The molecule has 0 radical (unpaired) electrons. The van der Waals surface area contributed by atoms with Crippen LogP contribution >= 0.6 is 0 Å². The first-order valence-corrected chi connectivity index (χ1v) is 10.5. The second-order valence-electron chi connectivity index (χ2n) is 8.19. The van der Waals surface area contributed by atoms with Gasteiger partial charge >= 0.3 is 6.18 Å². The number of benzene rings is 1. The molecule has 0 atom stereocenters. The van der Waals surface area contributed by atoms with E-state index in [0.717, 1.165) is 48.9 Å². The molecule has 3 aromatic rings. The number of piperidine rings is 1. The van der Waals surface area contributed by atoms with E-state index in [1.54, 1.807) is 13.0 Å². The third-order valence-electron chi connectivity index (χ3n) is 5.69. The van der Waals surface area contributed by atoms with E-state index in [2.05, 4.69) is 49.1 Å². The van der Waals surface area contributed by atoms with Crippen LogP contribution in [0, 0.1) is 20.8 Å². The fourth-order valence-electron chi connectivity index (χ4n) is 4.01. The Morgan fingerprint density at radius 3 is 2.41 bits per heavy atom. The molecule has 2 aromatic heterocycles. The largest absolute Gasteiger partial charge is 0.421 e. The monoisotopic (exact) mass is 445 g/mol. The van der Waals surface area contributed by atoms with Gasteiger partial charge in [0.2, 0.25) is 5.95 Å². The molecule has 1 saturated heterocycles. The number of anilines is 4. The zero-order valence-corrected chi connectivity index (χ0v) is 18.2. The van der Waals surface area contributed by atoms with E-state index in [0.29, 0.717) is 11.6 Å². The van der Waals surface area contributed by atoms with Crippen molar-refractivity contribution < 1.29 is 13.2 Å². The van der Waals surface area contributed by atoms with Crippen molar-refractivity contribution in [2.45, 2.75) is 45.7 Å². The summed E-state index contributed by atoms with van der Waals surface area (Å²) in [4.78, 5) is 8.02. The first-order valence-electron chi connectivity index (χ1n) is 10.5. The van der Waals surface area contributed by atoms with Gasteiger partial charge in [-0.25, -0.2) is 4.98 Å². The van der Waals surface area contributed by atoms with Crippen LogP contribution in [-0.4, -0.2) is 33.3 Å². The lowest BCUT2D eigenvalue weighted by atomic mass is 9.86. The van der Waals surface area contributed by atoms with E-state index in [1.165, 1.54) is 5.56 Å². The Morgan fingerprint density at radius 2 is 1.75 bits per heavy atom. The number of aryl methyl sites for hydroxylation is 3. The number of nitrogens with one attached hydrogen (secondary N) is 4. The van der Waals surface area contributed by atoms with E-state index in [-0.39, 0.29) is 17.6 Å². The average molecular weight is 445 g/mol. The number of aromatic nitrogens is 4. The molecule has 0 bridgehead atoms. The number of halogens is 3. The van der Waals surface area contributed by atoms with Crippen LogP contribution in [0.1, 0.15) is 46.7 Å². The van der Waals surface area contributed by atoms with Crippen molar-refractivity contribution in [1.82, 2.24) is 25.5 Å². The summed E-state index contributed by atoms with van der Waals surface area (Å²) in [5.74, 6) is 0.475. The second kappa shape index (κ2) is 8.78. The Bertz CT molecular complexity index is 1100. The van der Waals surface area contributed by atoms with Gasteiger partial charge in [0.15, 0.2) is 5.82 Å². The number of aromatic amines is 1. The van der Waals surface area contributed by atoms with E-state index in [1.807, 2.05) is 13.0 Å². The molecule has 0 amide bonds. The van der Waals surface area contributed by atoms with Crippen LogP contribution in [0.25, 0.3) is 0 Å². The van der Waals surface area contributed by atoms with Gasteiger partial charge in [-0.3, -0.25) is 5.10 Å². The van der Waals surface area contributed by atoms with E-state index >= 15 is 0 Å². The lowest BCUT2D eigenvalue weighted by molar-refractivity contribution is -0.137. The summed E-state index contributed by atoms with van der Waals surface area (Å²) < 4.78 is 40.4. The summed E-state index contributed by atoms with van der Waals surface area (Å²) in [7, 11) is 0. The summed E-state index contributed by atoms with van der Waals surface area (Å²) in [6.07, 6.45) is -1.63. The smallest absolute Gasteiger partial charge is 0.324 e. The molecule has 10 heteroatoms. The highest BCUT2D eigenvalue weighted by Crippen LogP contribution is 2.36. The molecule has 170 valence electrons. The molecule has 7 nitrogen and oxygen atoms in total. The van der Waals surface area contributed by atoms with E-state index in [9.17, 15) is 13.2 Å². The van der Waals surface area contributed by atoms with Crippen LogP contribution in [0.2, 0.25) is 0 Å². The van der Waals surface area contributed by atoms with Crippen molar-refractivity contribution in [2.24, 2.45) is 0 Å². The number of alkyl halides is 3. The van der Waals surface area contributed by atoms with Gasteiger partial charge in [-0.1, -0.05) is 6.07 Å². The molecule has 0 saturated carbocycles. The van der Waals surface area contributed by atoms with Gasteiger partial charge in [-0.05, 0) is 75.4 Å². The molecule has 0 spiro atoms. The Balaban J connectivity index is 1.62. The van der Waals surface area contributed by atoms with Crippen LogP contribution in [0.3, 0.4) is 0 Å². The maximum Gasteiger partial charge on any atom is 0.421 e. The Labute approximate surface area is 184 Å². The van der Waals surface area contributed by atoms with Gasteiger partial charge in [0.1, 0.15) is 11.4 Å². The van der Waals surface area contributed by atoms with Gasteiger partial charge < -0.3 is 16.0 Å². The van der Waals surface area contributed by atoms with Crippen molar-refractivity contribution in [1.29, 1.82) is 0 Å². The third-order valence-corrected chi connectivity index (χ3v) is 5.69. The predicted octanol–water partition coefficient (Wildman–Crippen LogP) is 5.10. The lowest BCUT2D eigenvalue weighted by Crippen LogP contribution is -2.27. The van der Waals surface area contributed by atoms with E-state index < -0.39 is 11.7 Å². The van der Waals surface area contributed by atoms with Crippen molar-refractivity contribution in [3.63, 3.8) is 0 Å². The van der Waals surface area contributed by atoms with E-state index in [4.69, 9.17) is 0 Å². The van der Waals surface area contributed by atoms with Gasteiger partial charge in [0, 0.05) is 23.6 Å². The van der Waals surface area contributed by atoms with Crippen molar-refractivity contribution >= 4 is 23.3 Å². The zero-order valence-electron chi connectivity index (χ0n) is 18.2. The quantitative estimate of drug-likeness (QED) is 0.437. The maximum atomic E-state index is 13.5. The standard InChI is InChI=1S/C22H26F3N7/c1-12-9-18(13(2)8-16(12)15-4-6-26-7-5-15)28-21-27-11-17(22(23,24)25)20(30-21)29-19-10-14(3)31-32-19/h8-11,15,26H,4-7H2,1-3H3,(H3,27,28,29,30,31,32). The molecular weight excluding hydrogens is 419 g/mol. The Morgan fingerprint density at radius 1 is 1.00 bits per heavy atom. The second-order valence-corrected chi connectivity index (χ2v) is 8.19. The number of hydrogen-bond donors (Lipinski definition) is 4. The van der Waals surface area contributed by atoms with Crippen LogP contribution in [-0.2, 0) is 6.18 Å². The highest BCUT2D eigenvalue weighted by Gasteiger charge is 2.35. The van der Waals surface area contributed by atoms with Gasteiger partial charge in [0.25, 0.3) is 0 Å². The molecule has 0 unspecified atom stereocenters. The molecule has 1 aliphatic rings. The summed E-state index contributed by atoms with van der Waals surface area (Å²) in [5.41, 5.74) is 3.97. The maximum absolute atomic E-state index is 13.5. The minimum absolute atomic E-state index is 0.0740. The molecule has 1 fully saturated rings. The number of rotatable bonds is 5. The number of nitrogens with zero attached hydrogens (tertiary/aromatic N) is 3. The van der Waals surface area contributed by atoms with Crippen LogP contribution in [0.5, 0.6) is 0 Å². The molecule has 3 heterocycles. The molecule has 4 N–H and O–H groups in total. The minimum Gasteiger partial charge on any atom is -0.324 e. The molecule has 1 aromatic carbocycles. The molecular formula is C22H26F3N7. The summed E-state index contributed by atoms with van der Waals surface area (Å²) in [6.45, 7) is 7.81. The van der Waals surface area contributed by atoms with Crippen LogP contribution in [0.15, 0.2) is 24.4 Å².